The van der Waals surface area contributed by atoms with Crippen LogP contribution in [0.15, 0.2) is 6.07 Å². The van der Waals surface area contributed by atoms with Gasteiger partial charge in [-0.1, -0.05) is 0 Å². The average Bonchev–Trinajstić information content (AvgIpc) is 2.18. The van der Waals surface area contributed by atoms with Gasteiger partial charge in [-0.2, -0.15) is 0 Å². The molecule has 0 aromatic carbocycles. The van der Waals surface area contributed by atoms with E-state index in [2.05, 4.69) is 14.9 Å². The van der Waals surface area contributed by atoms with Crippen LogP contribution in [-0.2, 0) is 4.74 Å². The van der Waals surface area contributed by atoms with E-state index in [0.717, 1.165) is 43.6 Å². The zero-order chi connectivity index (χ0) is 9.97. The third-order valence-electron chi connectivity index (χ3n) is 2.29. The van der Waals surface area contributed by atoms with E-state index in [1.54, 1.807) is 0 Å². The summed E-state index contributed by atoms with van der Waals surface area (Å²) in [6.45, 7) is 7.37. The number of rotatable bonds is 1. The van der Waals surface area contributed by atoms with E-state index in [1.807, 2.05) is 19.9 Å². The summed E-state index contributed by atoms with van der Waals surface area (Å²) in [6, 6.07) is 2.03. The van der Waals surface area contributed by atoms with Crippen LogP contribution in [-0.4, -0.2) is 36.3 Å². The predicted octanol–water partition coefficient (Wildman–Crippen LogP) is 0.930. The van der Waals surface area contributed by atoms with Gasteiger partial charge < -0.3 is 9.64 Å². The van der Waals surface area contributed by atoms with Gasteiger partial charge in [-0.15, -0.1) is 0 Å². The fraction of sp³-hybridized carbons (Fsp3) is 0.600. The normalized spacial score (nSPS) is 17.1. The second kappa shape index (κ2) is 3.92. The molecule has 1 aliphatic heterocycles. The van der Waals surface area contributed by atoms with E-state index in [1.165, 1.54) is 0 Å². The quantitative estimate of drug-likeness (QED) is 0.665. The summed E-state index contributed by atoms with van der Waals surface area (Å²) in [5, 5.41) is 0. The summed E-state index contributed by atoms with van der Waals surface area (Å²) in [6.07, 6.45) is 0. The van der Waals surface area contributed by atoms with Crippen molar-refractivity contribution in [2.45, 2.75) is 13.8 Å². The highest BCUT2D eigenvalue weighted by atomic mass is 16.5. The maximum atomic E-state index is 5.30. The van der Waals surface area contributed by atoms with Crippen molar-refractivity contribution >= 4 is 5.82 Å². The molecule has 76 valence electrons. The molecule has 4 nitrogen and oxygen atoms in total. The Hall–Kier alpha value is -1.16. The highest BCUT2D eigenvalue weighted by Gasteiger charge is 2.12. The molecular formula is C10H15N3O. The lowest BCUT2D eigenvalue weighted by atomic mass is 10.3. The van der Waals surface area contributed by atoms with Crippen molar-refractivity contribution in [1.82, 2.24) is 9.97 Å². The number of morpholine rings is 1. The maximum Gasteiger partial charge on any atom is 0.132 e. The van der Waals surface area contributed by atoms with Crippen LogP contribution in [0.2, 0.25) is 0 Å². The zero-order valence-corrected chi connectivity index (χ0v) is 8.66. The molecule has 0 saturated carbocycles. The van der Waals surface area contributed by atoms with Gasteiger partial charge in [0.2, 0.25) is 0 Å². The van der Waals surface area contributed by atoms with Crippen LogP contribution in [0.3, 0.4) is 0 Å². The van der Waals surface area contributed by atoms with Crippen molar-refractivity contribution in [3.63, 3.8) is 0 Å². The van der Waals surface area contributed by atoms with Crippen molar-refractivity contribution in [3.05, 3.63) is 17.6 Å². The number of aryl methyl sites for hydroxylation is 2. The smallest absolute Gasteiger partial charge is 0.132 e. The van der Waals surface area contributed by atoms with Gasteiger partial charge in [0.1, 0.15) is 11.6 Å². The van der Waals surface area contributed by atoms with Gasteiger partial charge in [0.15, 0.2) is 0 Å². The largest absolute Gasteiger partial charge is 0.378 e. The number of anilines is 1. The summed E-state index contributed by atoms with van der Waals surface area (Å²) in [4.78, 5) is 10.9. The van der Waals surface area contributed by atoms with Gasteiger partial charge in [0.25, 0.3) is 0 Å². The Morgan fingerprint density at radius 1 is 1.21 bits per heavy atom. The van der Waals surface area contributed by atoms with E-state index in [9.17, 15) is 0 Å². The molecule has 0 amide bonds. The Labute approximate surface area is 83.9 Å². The molecule has 1 aromatic heterocycles. The van der Waals surface area contributed by atoms with Gasteiger partial charge in [-0.25, -0.2) is 9.97 Å². The van der Waals surface area contributed by atoms with Crippen LogP contribution in [0.5, 0.6) is 0 Å². The summed E-state index contributed by atoms with van der Waals surface area (Å²) in [5.41, 5.74) is 1.03. The molecule has 1 fully saturated rings. The molecule has 2 rings (SSSR count). The first-order chi connectivity index (χ1) is 6.75. The molecule has 0 aliphatic carbocycles. The molecule has 2 heterocycles. The first-order valence-corrected chi connectivity index (χ1v) is 4.91. The molecule has 0 atom stereocenters. The maximum absolute atomic E-state index is 5.30. The van der Waals surface area contributed by atoms with E-state index in [0.29, 0.717) is 0 Å². The molecule has 0 N–H and O–H groups in total. The SMILES string of the molecule is Cc1cc(N2CCOCC2)nc(C)n1. The lowest BCUT2D eigenvalue weighted by molar-refractivity contribution is 0.122. The highest BCUT2D eigenvalue weighted by Crippen LogP contribution is 2.13. The van der Waals surface area contributed by atoms with Crippen molar-refractivity contribution in [3.8, 4) is 0 Å². The van der Waals surface area contributed by atoms with Crippen molar-refractivity contribution in [1.29, 1.82) is 0 Å². The molecule has 1 aromatic rings. The van der Waals surface area contributed by atoms with Crippen LogP contribution < -0.4 is 4.90 Å². The lowest BCUT2D eigenvalue weighted by Crippen LogP contribution is -2.36. The van der Waals surface area contributed by atoms with Gasteiger partial charge in [0, 0.05) is 24.8 Å². The monoisotopic (exact) mass is 193 g/mol. The fourth-order valence-electron chi connectivity index (χ4n) is 1.65. The van der Waals surface area contributed by atoms with Crippen molar-refractivity contribution < 1.29 is 4.74 Å². The van der Waals surface area contributed by atoms with Crippen LogP contribution >= 0.6 is 0 Å². The van der Waals surface area contributed by atoms with E-state index >= 15 is 0 Å². The molecule has 0 spiro atoms. The summed E-state index contributed by atoms with van der Waals surface area (Å²) in [7, 11) is 0. The molecule has 0 bridgehead atoms. The van der Waals surface area contributed by atoms with Gasteiger partial charge in [-0.05, 0) is 13.8 Å². The molecule has 0 radical (unpaired) electrons. The Balaban J connectivity index is 2.21. The van der Waals surface area contributed by atoms with E-state index in [-0.39, 0.29) is 0 Å². The first-order valence-electron chi connectivity index (χ1n) is 4.91. The minimum Gasteiger partial charge on any atom is -0.378 e. The highest BCUT2D eigenvalue weighted by molar-refractivity contribution is 5.39. The summed E-state index contributed by atoms with van der Waals surface area (Å²) < 4.78 is 5.30. The van der Waals surface area contributed by atoms with Crippen molar-refractivity contribution in [2.24, 2.45) is 0 Å². The molecule has 1 aliphatic rings. The Morgan fingerprint density at radius 3 is 2.57 bits per heavy atom. The summed E-state index contributed by atoms with van der Waals surface area (Å²) >= 11 is 0. The minimum absolute atomic E-state index is 0.794. The molecular weight excluding hydrogens is 178 g/mol. The third-order valence-corrected chi connectivity index (χ3v) is 2.29. The number of aromatic nitrogens is 2. The molecule has 0 unspecified atom stereocenters. The van der Waals surface area contributed by atoms with Crippen LogP contribution in [0, 0.1) is 13.8 Å². The number of nitrogens with zero attached hydrogens (tertiary/aromatic N) is 3. The van der Waals surface area contributed by atoms with E-state index < -0.39 is 0 Å². The van der Waals surface area contributed by atoms with Gasteiger partial charge >= 0.3 is 0 Å². The molecule has 14 heavy (non-hydrogen) atoms. The lowest BCUT2D eigenvalue weighted by Gasteiger charge is -2.28. The standard InChI is InChI=1S/C10H15N3O/c1-8-7-10(12-9(2)11-8)13-3-5-14-6-4-13/h7H,3-6H2,1-2H3. The molecule has 4 heteroatoms. The third kappa shape index (κ3) is 2.01. The number of ether oxygens (including phenoxy) is 1. The van der Waals surface area contributed by atoms with Crippen LogP contribution in [0.25, 0.3) is 0 Å². The van der Waals surface area contributed by atoms with Crippen LogP contribution in [0.4, 0.5) is 5.82 Å². The van der Waals surface area contributed by atoms with Gasteiger partial charge in [0.05, 0.1) is 13.2 Å². The minimum atomic E-state index is 0.794. The van der Waals surface area contributed by atoms with Crippen molar-refractivity contribution in [2.75, 3.05) is 31.2 Å². The van der Waals surface area contributed by atoms with Crippen LogP contribution in [0.1, 0.15) is 11.5 Å². The average molecular weight is 193 g/mol. The first kappa shape index (κ1) is 9.40. The zero-order valence-electron chi connectivity index (χ0n) is 8.66. The number of hydrogen-bond donors (Lipinski definition) is 0. The topological polar surface area (TPSA) is 38.2 Å². The fourth-order valence-corrected chi connectivity index (χ4v) is 1.65. The second-order valence-corrected chi connectivity index (χ2v) is 3.51. The Kier molecular flexibility index (Phi) is 2.63. The number of hydrogen-bond acceptors (Lipinski definition) is 4. The Bertz CT molecular complexity index is 301. The molecule has 1 saturated heterocycles. The second-order valence-electron chi connectivity index (χ2n) is 3.51. The predicted molar refractivity (Wildman–Crippen MR) is 54.5 cm³/mol. The van der Waals surface area contributed by atoms with Gasteiger partial charge in [-0.3, -0.25) is 0 Å². The Morgan fingerprint density at radius 2 is 1.93 bits per heavy atom. The van der Waals surface area contributed by atoms with E-state index in [4.69, 9.17) is 4.74 Å². The summed E-state index contributed by atoms with van der Waals surface area (Å²) in [5.74, 6) is 1.87.